The maximum Gasteiger partial charge on any atom is 0.277 e. The number of rotatable bonds is 3. The normalized spacial score (nSPS) is 18.2. The van der Waals surface area contributed by atoms with E-state index in [1.807, 2.05) is 81.4 Å². The topological polar surface area (TPSA) is 75.3 Å². The van der Waals surface area contributed by atoms with Crippen LogP contribution in [0.2, 0.25) is 0 Å². The van der Waals surface area contributed by atoms with Gasteiger partial charge in [-0.05, 0) is 26.3 Å². The quantitative estimate of drug-likeness (QED) is 0.723. The van der Waals surface area contributed by atoms with Gasteiger partial charge in [0, 0.05) is 24.2 Å². The van der Waals surface area contributed by atoms with E-state index < -0.39 is 11.2 Å². The van der Waals surface area contributed by atoms with Crippen LogP contribution >= 0.6 is 0 Å². The first kappa shape index (κ1) is 20.0. The number of nitrogens with zero attached hydrogens (tertiary/aromatic N) is 2. The van der Waals surface area contributed by atoms with Crippen LogP contribution in [-0.2, 0) is 4.74 Å². The van der Waals surface area contributed by atoms with Crippen LogP contribution in [0.5, 0.6) is 0 Å². The Bertz CT molecular complexity index is 1110. The molecule has 0 radical (unpaired) electrons. The van der Waals surface area contributed by atoms with Crippen LogP contribution < -0.4 is 5.56 Å². The maximum atomic E-state index is 13.7. The van der Waals surface area contributed by atoms with Crippen molar-refractivity contribution < 1.29 is 9.53 Å². The monoisotopic (exact) mass is 403 g/mol. The van der Waals surface area contributed by atoms with E-state index >= 15 is 0 Å². The lowest BCUT2D eigenvalue weighted by Crippen LogP contribution is -2.54. The summed E-state index contributed by atoms with van der Waals surface area (Å²) in [5.74, 6) is -0.307. The Morgan fingerprint density at radius 3 is 2.27 bits per heavy atom. The fraction of sp³-hybridized carbons (Fsp3) is 0.292. The summed E-state index contributed by atoms with van der Waals surface area (Å²) in [6.45, 7) is 6.68. The van der Waals surface area contributed by atoms with E-state index in [2.05, 4.69) is 10.2 Å². The number of ether oxygens (including phenoxy) is 1. The van der Waals surface area contributed by atoms with Crippen molar-refractivity contribution in [3.63, 3.8) is 0 Å². The number of nitrogens with one attached hydrogen (secondary N) is 1. The van der Waals surface area contributed by atoms with E-state index in [1.54, 1.807) is 4.90 Å². The van der Waals surface area contributed by atoms with E-state index in [-0.39, 0.29) is 17.6 Å². The zero-order chi connectivity index (χ0) is 21.3. The fourth-order valence-electron chi connectivity index (χ4n) is 4.11. The van der Waals surface area contributed by atoms with Gasteiger partial charge in [-0.2, -0.15) is 5.10 Å². The first-order chi connectivity index (χ1) is 14.4. The smallest absolute Gasteiger partial charge is 0.277 e. The average molecular weight is 403 g/mol. The summed E-state index contributed by atoms with van der Waals surface area (Å²) in [4.78, 5) is 28.3. The van der Waals surface area contributed by atoms with Crippen molar-refractivity contribution in [2.75, 3.05) is 13.1 Å². The molecule has 0 aliphatic carbocycles. The van der Waals surface area contributed by atoms with Crippen LogP contribution in [0.15, 0.2) is 65.5 Å². The molecule has 1 saturated heterocycles. The number of aromatic nitrogens is 2. The molecule has 1 atom stereocenters. The van der Waals surface area contributed by atoms with Gasteiger partial charge in [-0.25, -0.2) is 5.10 Å². The van der Waals surface area contributed by atoms with Crippen molar-refractivity contribution in [2.45, 2.75) is 32.5 Å². The van der Waals surface area contributed by atoms with Crippen LogP contribution in [0, 0.1) is 0 Å². The highest BCUT2D eigenvalue weighted by Gasteiger charge is 2.36. The molecule has 1 amide bonds. The highest BCUT2D eigenvalue weighted by atomic mass is 16.5. The predicted molar refractivity (Wildman–Crippen MR) is 116 cm³/mol. The number of hydrogen-bond acceptors (Lipinski definition) is 4. The lowest BCUT2D eigenvalue weighted by atomic mass is 9.94. The van der Waals surface area contributed by atoms with Gasteiger partial charge in [0.05, 0.1) is 17.4 Å². The number of carbonyl (C=O) groups excluding carboxylic acids is 1. The van der Waals surface area contributed by atoms with Gasteiger partial charge in [-0.3, -0.25) is 9.59 Å². The Morgan fingerprint density at radius 1 is 1.07 bits per heavy atom. The number of hydrogen-bond donors (Lipinski definition) is 1. The number of benzene rings is 2. The Labute approximate surface area is 175 Å². The number of carbonyl (C=O) groups is 1. The van der Waals surface area contributed by atoms with Crippen molar-refractivity contribution in [2.24, 2.45) is 0 Å². The number of amides is 1. The summed E-state index contributed by atoms with van der Waals surface area (Å²) in [7, 11) is 0. The molecule has 1 aromatic heterocycles. The molecular weight excluding hydrogens is 378 g/mol. The highest BCUT2D eigenvalue weighted by molar-refractivity contribution is 6.03. The SMILES string of the molecule is CC1CN(C(=O)c2c(-c3ccccc3)c(-c3ccccc3)n[nH]c2=O)CC(C)(C)O1. The third-order valence-electron chi connectivity index (χ3n) is 5.16. The molecule has 0 spiro atoms. The summed E-state index contributed by atoms with van der Waals surface area (Å²) >= 11 is 0. The summed E-state index contributed by atoms with van der Waals surface area (Å²) in [5, 5.41) is 6.87. The molecule has 0 saturated carbocycles. The molecule has 6 nitrogen and oxygen atoms in total. The van der Waals surface area contributed by atoms with Crippen molar-refractivity contribution in [3.8, 4) is 22.4 Å². The second-order valence-corrected chi connectivity index (χ2v) is 8.26. The Hall–Kier alpha value is -3.25. The molecule has 1 aliphatic rings. The van der Waals surface area contributed by atoms with Gasteiger partial charge < -0.3 is 9.64 Å². The van der Waals surface area contributed by atoms with Crippen LogP contribution in [0.4, 0.5) is 0 Å². The van der Waals surface area contributed by atoms with Crippen LogP contribution in [0.1, 0.15) is 31.1 Å². The van der Waals surface area contributed by atoms with Gasteiger partial charge in [-0.1, -0.05) is 60.7 Å². The molecule has 2 aromatic carbocycles. The largest absolute Gasteiger partial charge is 0.369 e. The van der Waals surface area contributed by atoms with Gasteiger partial charge in [0.2, 0.25) is 0 Å². The molecule has 3 aromatic rings. The van der Waals surface area contributed by atoms with Crippen LogP contribution in [0.25, 0.3) is 22.4 Å². The van der Waals surface area contributed by atoms with Gasteiger partial charge >= 0.3 is 0 Å². The van der Waals surface area contributed by atoms with Crippen molar-refractivity contribution >= 4 is 5.91 Å². The first-order valence-electron chi connectivity index (χ1n) is 10.1. The van der Waals surface area contributed by atoms with Crippen LogP contribution in [0.3, 0.4) is 0 Å². The molecule has 30 heavy (non-hydrogen) atoms. The molecule has 2 heterocycles. The molecule has 1 aliphatic heterocycles. The standard InChI is InChI=1S/C24H25N3O3/c1-16-14-27(15-24(2,3)30-16)23(29)20-19(17-10-6-4-7-11-17)21(25-26-22(20)28)18-12-8-5-9-13-18/h4-13,16H,14-15H2,1-3H3,(H,26,28). The van der Waals surface area contributed by atoms with Gasteiger partial charge in [0.1, 0.15) is 5.56 Å². The summed E-state index contributed by atoms with van der Waals surface area (Å²) in [6.07, 6.45) is -0.118. The van der Waals surface area contributed by atoms with E-state index in [0.717, 1.165) is 11.1 Å². The molecule has 154 valence electrons. The van der Waals surface area contributed by atoms with Crippen molar-refractivity contribution in [3.05, 3.63) is 76.6 Å². The molecule has 0 bridgehead atoms. The molecular formula is C24H25N3O3. The second kappa shape index (κ2) is 7.88. The minimum absolute atomic E-state index is 0.111. The van der Waals surface area contributed by atoms with Gasteiger partial charge in [-0.15, -0.1) is 0 Å². The zero-order valence-electron chi connectivity index (χ0n) is 17.4. The predicted octanol–water partition coefficient (Wildman–Crippen LogP) is 3.74. The highest BCUT2D eigenvalue weighted by Crippen LogP contribution is 2.33. The molecule has 1 unspecified atom stereocenters. The summed E-state index contributed by atoms with van der Waals surface area (Å²) in [5.41, 5.74) is 1.87. The summed E-state index contributed by atoms with van der Waals surface area (Å²) in [6, 6.07) is 19.0. The minimum Gasteiger partial charge on any atom is -0.369 e. The fourth-order valence-corrected chi connectivity index (χ4v) is 4.11. The third kappa shape index (κ3) is 3.91. The minimum atomic E-state index is -0.490. The molecule has 1 N–H and O–H groups in total. The Kier molecular flexibility index (Phi) is 5.26. The summed E-state index contributed by atoms with van der Waals surface area (Å²) < 4.78 is 5.94. The molecule has 4 rings (SSSR count). The van der Waals surface area contributed by atoms with E-state index in [9.17, 15) is 9.59 Å². The lowest BCUT2D eigenvalue weighted by Gasteiger charge is -2.41. The lowest BCUT2D eigenvalue weighted by molar-refractivity contribution is -0.118. The molecule has 1 fully saturated rings. The Balaban J connectivity index is 1.91. The second-order valence-electron chi connectivity index (χ2n) is 8.26. The number of H-pyrrole nitrogens is 1. The van der Waals surface area contributed by atoms with Gasteiger partial charge in [0.25, 0.3) is 11.5 Å². The number of aromatic amines is 1. The Morgan fingerprint density at radius 2 is 1.67 bits per heavy atom. The number of morpholine rings is 1. The van der Waals surface area contributed by atoms with Crippen molar-refractivity contribution in [1.29, 1.82) is 0 Å². The van der Waals surface area contributed by atoms with E-state index in [0.29, 0.717) is 24.3 Å². The average Bonchev–Trinajstić information content (AvgIpc) is 2.73. The third-order valence-corrected chi connectivity index (χ3v) is 5.16. The van der Waals surface area contributed by atoms with Gasteiger partial charge in [0.15, 0.2) is 0 Å². The van der Waals surface area contributed by atoms with Crippen LogP contribution in [-0.4, -0.2) is 45.8 Å². The zero-order valence-corrected chi connectivity index (χ0v) is 17.4. The van der Waals surface area contributed by atoms with E-state index in [1.165, 1.54) is 0 Å². The van der Waals surface area contributed by atoms with E-state index in [4.69, 9.17) is 4.74 Å². The molecule has 6 heteroatoms. The van der Waals surface area contributed by atoms with Crippen molar-refractivity contribution in [1.82, 2.24) is 15.1 Å². The maximum absolute atomic E-state index is 13.7. The first-order valence-corrected chi connectivity index (χ1v) is 10.1.